The minimum Gasteiger partial charge on any atom is -0.480 e. The molecule has 0 aromatic heterocycles. The van der Waals surface area contributed by atoms with Crippen LogP contribution in [-0.4, -0.2) is 64.7 Å². The van der Waals surface area contributed by atoms with Crippen molar-refractivity contribution in [2.45, 2.75) is 56.5 Å². The Labute approximate surface area is 125 Å². The second-order valence-electron chi connectivity index (χ2n) is 6.66. The van der Waals surface area contributed by atoms with Gasteiger partial charge < -0.3 is 15.3 Å². The van der Waals surface area contributed by atoms with Gasteiger partial charge in [0.1, 0.15) is 5.54 Å². The fraction of sp³-hybridized carbons (Fsp3) is 0.867. The Hall–Kier alpha value is -1.30. The van der Waals surface area contributed by atoms with E-state index >= 15 is 0 Å². The van der Waals surface area contributed by atoms with Gasteiger partial charge in [0.15, 0.2) is 0 Å². The predicted molar refractivity (Wildman–Crippen MR) is 78.2 cm³/mol. The molecule has 1 aliphatic carbocycles. The minimum atomic E-state index is -1.04. The van der Waals surface area contributed by atoms with E-state index in [-0.39, 0.29) is 6.03 Å². The zero-order valence-electron chi connectivity index (χ0n) is 12.5. The minimum absolute atomic E-state index is 0.189. The molecule has 0 aromatic rings. The largest absolute Gasteiger partial charge is 0.480 e. The summed E-state index contributed by atoms with van der Waals surface area (Å²) >= 11 is 0. The summed E-state index contributed by atoms with van der Waals surface area (Å²) in [4.78, 5) is 28.4. The molecule has 6 nitrogen and oxygen atoms in total. The van der Waals surface area contributed by atoms with E-state index in [2.05, 4.69) is 10.2 Å². The van der Waals surface area contributed by atoms with Crippen molar-refractivity contribution in [1.29, 1.82) is 0 Å². The van der Waals surface area contributed by atoms with Gasteiger partial charge in [0.05, 0.1) is 0 Å². The van der Waals surface area contributed by atoms with E-state index in [9.17, 15) is 14.7 Å². The number of piperazine rings is 1. The molecule has 0 aromatic carbocycles. The summed E-state index contributed by atoms with van der Waals surface area (Å²) in [5.41, 5.74) is -1.04. The predicted octanol–water partition coefficient (Wildman–Crippen LogP) is 1.26. The highest BCUT2D eigenvalue weighted by atomic mass is 16.4. The normalized spacial score (nSPS) is 29.0. The number of carbonyl (C=O) groups is 2. The molecule has 2 heterocycles. The van der Waals surface area contributed by atoms with Gasteiger partial charge in [-0.15, -0.1) is 0 Å². The van der Waals surface area contributed by atoms with E-state index in [1.807, 2.05) is 4.90 Å². The number of aliphatic carboxylic acids is 1. The number of amides is 2. The molecule has 2 saturated heterocycles. The molecule has 6 heteroatoms. The van der Waals surface area contributed by atoms with Crippen LogP contribution in [0.15, 0.2) is 0 Å². The molecule has 21 heavy (non-hydrogen) atoms. The van der Waals surface area contributed by atoms with E-state index < -0.39 is 11.5 Å². The number of nitrogens with one attached hydrogen (secondary N) is 1. The van der Waals surface area contributed by atoms with Crippen molar-refractivity contribution in [3.8, 4) is 0 Å². The molecule has 118 valence electrons. The molecule has 0 spiro atoms. The monoisotopic (exact) mass is 295 g/mol. The molecular formula is C15H25N3O3. The molecule has 3 rings (SSSR count). The fourth-order valence-electron chi connectivity index (χ4n) is 4.01. The maximum absolute atomic E-state index is 12.5. The lowest BCUT2D eigenvalue weighted by molar-refractivity contribution is -0.146. The van der Waals surface area contributed by atoms with Gasteiger partial charge in [-0.2, -0.15) is 0 Å². The molecule has 1 atom stereocenters. The van der Waals surface area contributed by atoms with Crippen molar-refractivity contribution < 1.29 is 14.7 Å². The lowest BCUT2D eigenvalue weighted by Gasteiger charge is -2.40. The van der Waals surface area contributed by atoms with Crippen molar-refractivity contribution in [2.75, 3.05) is 26.2 Å². The molecule has 3 fully saturated rings. The summed E-state index contributed by atoms with van der Waals surface area (Å²) in [6.07, 6.45) is 6.28. The van der Waals surface area contributed by atoms with Gasteiger partial charge in [0.25, 0.3) is 0 Å². The molecule has 3 aliphatic rings. The summed E-state index contributed by atoms with van der Waals surface area (Å²) in [6.45, 7) is 3.50. The van der Waals surface area contributed by atoms with Gasteiger partial charge in [0, 0.05) is 25.7 Å². The van der Waals surface area contributed by atoms with E-state index in [1.54, 1.807) is 0 Å². The third-order valence-electron chi connectivity index (χ3n) is 5.34. The second kappa shape index (κ2) is 5.83. The molecule has 1 unspecified atom stereocenters. The zero-order valence-corrected chi connectivity index (χ0v) is 12.5. The summed E-state index contributed by atoms with van der Waals surface area (Å²) in [6, 6.07) is 0.280. The third-order valence-corrected chi connectivity index (χ3v) is 5.34. The third kappa shape index (κ3) is 2.86. The lowest BCUT2D eigenvalue weighted by Crippen LogP contribution is -2.62. The number of nitrogens with zero attached hydrogens (tertiary/aromatic N) is 2. The fourth-order valence-corrected chi connectivity index (χ4v) is 4.01. The molecule has 0 radical (unpaired) electrons. The Morgan fingerprint density at radius 1 is 1.05 bits per heavy atom. The van der Waals surface area contributed by atoms with Crippen molar-refractivity contribution >= 4 is 12.0 Å². The van der Waals surface area contributed by atoms with Gasteiger partial charge >= 0.3 is 12.0 Å². The zero-order chi connectivity index (χ0) is 14.9. The van der Waals surface area contributed by atoms with Crippen LogP contribution in [0.1, 0.15) is 44.9 Å². The first kappa shape index (κ1) is 14.6. The Morgan fingerprint density at radius 2 is 1.81 bits per heavy atom. The van der Waals surface area contributed by atoms with Crippen molar-refractivity contribution in [2.24, 2.45) is 0 Å². The maximum Gasteiger partial charge on any atom is 0.329 e. The van der Waals surface area contributed by atoms with Crippen molar-refractivity contribution in [1.82, 2.24) is 15.1 Å². The highest BCUT2D eigenvalue weighted by molar-refractivity contribution is 5.86. The van der Waals surface area contributed by atoms with Gasteiger partial charge in [0.2, 0.25) is 0 Å². The van der Waals surface area contributed by atoms with Crippen LogP contribution in [0.4, 0.5) is 4.79 Å². The molecule has 2 amide bonds. The quantitative estimate of drug-likeness (QED) is 0.804. The van der Waals surface area contributed by atoms with Crippen molar-refractivity contribution in [3.05, 3.63) is 0 Å². The molecule has 2 aliphatic heterocycles. The van der Waals surface area contributed by atoms with Gasteiger partial charge in [-0.05, 0) is 32.2 Å². The van der Waals surface area contributed by atoms with Crippen LogP contribution in [0, 0.1) is 0 Å². The number of hydrogen-bond donors (Lipinski definition) is 2. The number of hydrogen-bond acceptors (Lipinski definition) is 3. The van der Waals surface area contributed by atoms with E-state index in [1.165, 1.54) is 6.42 Å². The molecule has 1 saturated carbocycles. The topological polar surface area (TPSA) is 72.9 Å². The summed E-state index contributed by atoms with van der Waals surface area (Å²) in [5, 5.41) is 12.4. The Bertz CT molecular complexity index is 420. The highest BCUT2D eigenvalue weighted by Crippen LogP contribution is 2.29. The summed E-state index contributed by atoms with van der Waals surface area (Å²) in [7, 11) is 0. The number of carboxylic acids is 1. The number of urea groups is 1. The molecular weight excluding hydrogens is 270 g/mol. The van der Waals surface area contributed by atoms with Crippen molar-refractivity contribution in [3.63, 3.8) is 0 Å². The van der Waals surface area contributed by atoms with Crippen LogP contribution >= 0.6 is 0 Å². The summed E-state index contributed by atoms with van der Waals surface area (Å²) in [5.74, 6) is -0.880. The first-order valence-corrected chi connectivity index (χ1v) is 8.15. The lowest BCUT2D eigenvalue weighted by atomic mass is 9.82. The smallest absolute Gasteiger partial charge is 0.329 e. The van der Waals surface area contributed by atoms with Crippen LogP contribution in [0.25, 0.3) is 0 Å². The molecule has 2 N–H and O–H groups in total. The maximum atomic E-state index is 12.5. The Balaban J connectivity index is 1.63. The average molecular weight is 295 g/mol. The van der Waals surface area contributed by atoms with E-state index in [4.69, 9.17) is 0 Å². The first-order chi connectivity index (χ1) is 10.1. The number of carbonyl (C=O) groups excluding carboxylic acids is 1. The van der Waals surface area contributed by atoms with Crippen LogP contribution in [0.5, 0.6) is 0 Å². The standard InChI is InChI=1S/C15H25N3O3/c19-13(20)15(6-2-1-3-7-15)16-14(21)18-10-9-17-8-4-5-12(17)11-18/h12H,1-11H2,(H,16,21)(H,19,20). The summed E-state index contributed by atoms with van der Waals surface area (Å²) < 4.78 is 0. The van der Waals surface area contributed by atoms with Gasteiger partial charge in [-0.1, -0.05) is 19.3 Å². The Kier molecular flexibility index (Phi) is 4.06. The van der Waals surface area contributed by atoms with Crippen LogP contribution in [0.2, 0.25) is 0 Å². The van der Waals surface area contributed by atoms with E-state index in [0.29, 0.717) is 25.4 Å². The van der Waals surface area contributed by atoms with Crippen LogP contribution in [-0.2, 0) is 4.79 Å². The number of fused-ring (bicyclic) bond motifs is 1. The second-order valence-corrected chi connectivity index (χ2v) is 6.66. The first-order valence-electron chi connectivity index (χ1n) is 8.15. The number of carboxylic acid groups (broad SMARTS) is 1. The van der Waals surface area contributed by atoms with Gasteiger partial charge in [-0.25, -0.2) is 9.59 Å². The average Bonchev–Trinajstić information content (AvgIpc) is 2.95. The van der Waals surface area contributed by atoms with Crippen LogP contribution < -0.4 is 5.32 Å². The SMILES string of the molecule is O=C(NC1(C(=O)O)CCCCC1)N1CCN2CCCC2C1. The highest BCUT2D eigenvalue weighted by Gasteiger charge is 2.42. The van der Waals surface area contributed by atoms with Crippen LogP contribution in [0.3, 0.4) is 0 Å². The van der Waals surface area contributed by atoms with E-state index in [0.717, 1.165) is 45.3 Å². The molecule has 0 bridgehead atoms. The van der Waals surface area contributed by atoms with Gasteiger partial charge in [-0.3, -0.25) is 4.90 Å². The Morgan fingerprint density at radius 3 is 2.52 bits per heavy atom. The number of rotatable bonds is 2.